The van der Waals surface area contributed by atoms with Crippen molar-refractivity contribution in [2.45, 2.75) is 44.8 Å². The number of fused-ring (bicyclic) bond motifs is 1. The van der Waals surface area contributed by atoms with Crippen LogP contribution in [-0.2, 0) is 13.0 Å². The molecule has 21 heavy (non-hydrogen) atoms. The Morgan fingerprint density at radius 1 is 1.29 bits per heavy atom. The van der Waals surface area contributed by atoms with Crippen molar-refractivity contribution in [1.82, 2.24) is 10.6 Å². The molecule has 1 aliphatic heterocycles. The normalized spacial score (nSPS) is 19.8. The zero-order valence-electron chi connectivity index (χ0n) is 12.6. The summed E-state index contributed by atoms with van der Waals surface area (Å²) in [5, 5.41) is 7.30. The molecule has 0 saturated heterocycles. The van der Waals surface area contributed by atoms with Gasteiger partial charge in [-0.3, -0.25) is 0 Å². The molecule has 3 rings (SSSR count). The van der Waals surface area contributed by atoms with E-state index in [0.717, 1.165) is 38.1 Å². The quantitative estimate of drug-likeness (QED) is 0.883. The molecular weight excluding hydrogens is 260 g/mol. The molecule has 0 aliphatic carbocycles. The van der Waals surface area contributed by atoms with Crippen LogP contribution in [0.4, 0.5) is 0 Å². The Morgan fingerprint density at radius 2 is 2.19 bits per heavy atom. The first kappa shape index (κ1) is 14.4. The van der Waals surface area contributed by atoms with Crippen molar-refractivity contribution >= 4 is 0 Å². The molecule has 1 aromatic carbocycles. The van der Waals surface area contributed by atoms with Crippen molar-refractivity contribution in [3.63, 3.8) is 0 Å². The standard InChI is InChI=1S/C18H24N2O/c1-14(8-9-16-6-4-12-21-16)20-18-10-11-19-13-15-5-2-3-7-17(15)18/h2-7,12,14,18-20H,8-11,13H2,1H3. The molecule has 112 valence electrons. The molecule has 3 heteroatoms. The zero-order valence-corrected chi connectivity index (χ0v) is 12.6. The van der Waals surface area contributed by atoms with Gasteiger partial charge in [-0.2, -0.15) is 0 Å². The number of aryl methyl sites for hydroxylation is 1. The largest absolute Gasteiger partial charge is 0.469 e. The second kappa shape index (κ2) is 6.92. The smallest absolute Gasteiger partial charge is 0.103 e. The van der Waals surface area contributed by atoms with Gasteiger partial charge in [-0.25, -0.2) is 0 Å². The fraction of sp³-hybridized carbons (Fsp3) is 0.444. The van der Waals surface area contributed by atoms with Crippen LogP contribution in [0.25, 0.3) is 0 Å². The molecule has 2 N–H and O–H groups in total. The fourth-order valence-corrected chi connectivity index (χ4v) is 3.07. The maximum absolute atomic E-state index is 5.41. The predicted molar refractivity (Wildman–Crippen MR) is 85.1 cm³/mol. The minimum atomic E-state index is 0.447. The van der Waals surface area contributed by atoms with Gasteiger partial charge < -0.3 is 15.1 Å². The number of hydrogen-bond acceptors (Lipinski definition) is 3. The lowest BCUT2D eigenvalue weighted by molar-refractivity contribution is 0.404. The topological polar surface area (TPSA) is 37.2 Å². The fourth-order valence-electron chi connectivity index (χ4n) is 3.07. The molecule has 0 spiro atoms. The molecule has 3 nitrogen and oxygen atoms in total. The molecule has 0 amide bonds. The molecule has 2 aromatic rings. The second-order valence-corrected chi connectivity index (χ2v) is 5.90. The van der Waals surface area contributed by atoms with Crippen LogP contribution in [0, 0.1) is 0 Å². The number of hydrogen-bond donors (Lipinski definition) is 2. The molecule has 0 fully saturated rings. The van der Waals surface area contributed by atoms with Crippen molar-refractivity contribution in [3.8, 4) is 0 Å². The van der Waals surface area contributed by atoms with Gasteiger partial charge in [0.1, 0.15) is 5.76 Å². The van der Waals surface area contributed by atoms with Crippen LogP contribution < -0.4 is 10.6 Å². The molecule has 1 aliphatic rings. The minimum absolute atomic E-state index is 0.447. The molecule has 0 bridgehead atoms. The summed E-state index contributed by atoms with van der Waals surface area (Å²) in [5.74, 6) is 1.08. The Kier molecular flexibility index (Phi) is 4.73. The molecule has 0 saturated carbocycles. The maximum atomic E-state index is 5.41. The SMILES string of the molecule is CC(CCc1ccco1)NC1CCNCc2ccccc21. The Hall–Kier alpha value is -1.58. The lowest BCUT2D eigenvalue weighted by Crippen LogP contribution is -2.31. The van der Waals surface area contributed by atoms with Gasteiger partial charge in [0.15, 0.2) is 0 Å². The van der Waals surface area contributed by atoms with E-state index in [-0.39, 0.29) is 0 Å². The van der Waals surface area contributed by atoms with Gasteiger partial charge in [0.05, 0.1) is 6.26 Å². The van der Waals surface area contributed by atoms with Crippen LogP contribution in [0.5, 0.6) is 0 Å². The molecule has 0 radical (unpaired) electrons. The van der Waals surface area contributed by atoms with Crippen LogP contribution in [0.2, 0.25) is 0 Å². The van der Waals surface area contributed by atoms with Crippen molar-refractivity contribution in [2.24, 2.45) is 0 Å². The summed E-state index contributed by atoms with van der Waals surface area (Å²) in [7, 11) is 0. The predicted octanol–water partition coefficient (Wildman–Crippen LogP) is 3.42. The third-order valence-electron chi connectivity index (χ3n) is 4.25. The second-order valence-electron chi connectivity index (χ2n) is 5.90. The van der Waals surface area contributed by atoms with Gasteiger partial charge in [-0.1, -0.05) is 24.3 Å². The third kappa shape index (κ3) is 3.74. The monoisotopic (exact) mass is 284 g/mol. The van der Waals surface area contributed by atoms with E-state index < -0.39 is 0 Å². The summed E-state index contributed by atoms with van der Waals surface area (Å²) >= 11 is 0. The summed E-state index contributed by atoms with van der Waals surface area (Å²) in [6.07, 6.45) is 4.98. The number of rotatable bonds is 5. The lowest BCUT2D eigenvalue weighted by Gasteiger charge is -2.23. The highest BCUT2D eigenvalue weighted by molar-refractivity contribution is 5.31. The molecule has 2 unspecified atom stereocenters. The Balaban J connectivity index is 1.61. The number of furan rings is 1. The highest BCUT2D eigenvalue weighted by Crippen LogP contribution is 2.24. The Labute approximate surface area is 126 Å². The number of benzene rings is 1. The summed E-state index contributed by atoms with van der Waals surface area (Å²) < 4.78 is 5.41. The van der Waals surface area contributed by atoms with Crippen molar-refractivity contribution in [2.75, 3.05) is 6.54 Å². The van der Waals surface area contributed by atoms with Crippen LogP contribution in [-0.4, -0.2) is 12.6 Å². The van der Waals surface area contributed by atoms with Gasteiger partial charge in [-0.05, 0) is 49.6 Å². The van der Waals surface area contributed by atoms with Crippen molar-refractivity contribution in [3.05, 3.63) is 59.5 Å². The van der Waals surface area contributed by atoms with Crippen LogP contribution in [0.15, 0.2) is 47.1 Å². The van der Waals surface area contributed by atoms with E-state index in [1.807, 2.05) is 6.07 Å². The van der Waals surface area contributed by atoms with E-state index in [4.69, 9.17) is 4.42 Å². The minimum Gasteiger partial charge on any atom is -0.469 e. The van der Waals surface area contributed by atoms with Crippen LogP contribution in [0.1, 0.15) is 42.7 Å². The van der Waals surface area contributed by atoms with Crippen LogP contribution in [0.3, 0.4) is 0 Å². The summed E-state index contributed by atoms with van der Waals surface area (Å²) in [5.41, 5.74) is 2.87. The van der Waals surface area contributed by atoms with E-state index in [1.54, 1.807) is 6.26 Å². The first-order valence-electron chi connectivity index (χ1n) is 7.90. The highest BCUT2D eigenvalue weighted by atomic mass is 16.3. The van der Waals surface area contributed by atoms with E-state index >= 15 is 0 Å². The third-order valence-corrected chi connectivity index (χ3v) is 4.25. The van der Waals surface area contributed by atoms with E-state index in [1.165, 1.54) is 11.1 Å². The number of nitrogens with one attached hydrogen (secondary N) is 2. The lowest BCUT2D eigenvalue weighted by atomic mass is 9.98. The molecule has 2 atom stereocenters. The first-order valence-corrected chi connectivity index (χ1v) is 7.90. The Morgan fingerprint density at radius 3 is 3.05 bits per heavy atom. The maximum Gasteiger partial charge on any atom is 0.103 e. The summed E-state index contributed by atoms with van der Waals surface area (Å²) in [6, 6.07) is 13.7. The first-order chi connectivity index (χ1) is 10.3. The molecule has 2 heterocycles. The summed E-state index contributed by atoms with van der Waals surface area (Å²) in [6.45, 7) is 4.32. The van der Waals surface area contributed by atoms with Gasteiger partial charge in [0.2, 0.25) is 0 Å². The van der Waals surface area contributed by atoms with E-state index in [0.29, 0.717) is 12.1 Å². The average Bonchev–Trinajstić information content (AvgIpc) is 2.94. The van der Waals surface area contributed by atoms with Gasteiger partial charge in [0, 0.05) is 25.0 Å². The highest BCUT2D eigenvalue weighted by Gasteiger charge is 2.19. The van der Waals surface area contributed by atoms with Crippen molar-refractivity contribution in [1.29, 1.82) is 0 Å². The zero-order chi connectivity index (χ0) is 14.5. The summed E-state index contributed by atoms with van der Waals surface area (Å²) in [4.78, 5) is 0. The Bertz CT molecular complexity index is 550. The van der Waals surface area contributed by atoms with Gasteiger partial charge in [0.25, 0.3) is 0 Å². The van der Waals surface area contributed by atoms with E-state index in [9.17, 15) is 0 Å². The average molecular weight is 284 g/mol. The van der Waals surface area contributed by atoms with Gasteiger partial charge in [-0.15, -0.1) is 0 Å². The molecular formula is C18H24N2O. The van der Waals surface area contributed by atoms with Crippen LogP contribution >= 0.6 is 0 Å². The van der Waals surface area contributed by atoms with Crippen molar-refractivity contribution < 1.29 is 4.42 Å². The molecule has 1 aromatic heterocycles. The van der Waals surface area contributed by atoms with E-state index in [2.05, 4.69) is 47.9 Å². The van der Waals surface area contributed by atoms with Gasteiger partial charge >= 0.3 is 0 Å².